The summed E-state index contributed by atoms with van der Waals surface area (Å²) in [5.41, 5.74) is -0.943. The van der Waals surface area contributed by atoms with E-state index in [9.17, 15) is 19.2 Å². The quantitative estimate of drug-likeness (QED) is 0.829. The van der Waals surface area contributed by atoms with Gasteiger partial charge in [-0.1, -0.05) is 0 Å². The maximum atomic E-state index is 12.5. The monoisotopic (exact) mass is 362 g/mol. The topological polar surface area (TPSA) is 95.5 Å². The van der Waals surface area contributed by atoms with Crippen LogP contribution in [-0.2, 0) is 16.1 Å². The number of piperidine rings is 2. The summed E-state index contributed by atoms with van der Waals surface area (Å²) >= 11 is 0. The summed E-state index contributed by atoms with van der Waals surface area (Å²) in [6.45, 7) is 6.05. The van der Waals surface area contributed by atoms with Crippen LogP contribution in [0.15, 0.2) is 21.9 Å². The average Bonchev–Trinajstić information content (AvgIpc) is 2.60. The molecule has 8 nitrogen and oxygen atoms in total. The highest BCUT2D eigenvalue weighted by atomic mass is 16.2. The van der Waals surface area contributed by atoms with Crippen LogP contribution in [0.25, 0.3) is 0 Å². The fourth-order valence-corrected chi connectivity index (χ4v) is 3.97. The van der Waals surface area contributed by atoms with Gasteiger partial charge in [-0.3, -0.25) is 23.9 Å². The van der Waals surface area contributed by atoms with E-state index >= 15 is 0 Å². The van der Waals surface area contributed by atoms with E-state index in [1.54, 1.807) is 4.90 Å². The van der Waals surface area contributed by atoms with Crippen molar-refractivity contribution in [3.05, 3.63) is 33.1 Å². The summed E-state index contributed by atoms with van der Waals surface area (Å²) in [5.74, 6) is 0.100. The molecule has 2 amide bonds. The molecule has 2 aliphatic rings. The van der Waals surface area contributed by atoms with Crippen LogP contribution >= 0.6 is 0 Å². The van der Waals surface area contributed by atoms with E-state index in [1.807, 2.05) is 18.7 Å². The zero-order valence-corrected chi connectivity index (χ0v) is 15.4. The van der Waals surface area contributed by atoms with Gasteiger partial charge in [0.25, 0.3) is 5.56 Å². The summed E-state index contributed by atoms with van der Waals surface area (Å²) < 4.78 is 1.22. The number of aromatic nitrogens is 2. The molecule has 142 valence electrons. The Labute approximate surface area is 151 Å². The minimum atomic E-state index is -0.572. The van der Waals surface area contributed by atoms with Crippen molar-refractivity contribution in [2.75, 3.05) is 19.6 Å². The van der Waals surface area contributed by atoms with E-state index in [1.165, 1.54) is 16.8 Å². The van der Waals surface area contributed by atoms with Gasteiger partial charge < -0.3 is 9.80 Å². The molecule has 0 bridgehead atoms. The number of carbonyl (C=O) groups excluding carboxylic acids is 2. The Morgan fingerprint density at radius 2 is 1.88 bits per heavy atom. The average molecular weight is 362 g/mol. The molecule has 0 unspecified atom stereocenters. The van der Waals surface area contributed by atoms with Crippen molar-refractivity contribution in [3.8, 4) is 0 Å². The number of aromatic amines is 1. The molecule has 1 N–H and O–H groups in total. The fraction of sp³-hybridized carbons (Fsp3) is 0.667. The van der Waals surface area contributed by atoms with Gasteiger partial charge in [-0.2, -0.15) is 0 Å². The van der Waals surface area contributed by atoms with Gasteiger partial charge in [0, 0.05) is 44.4 Å². The lowest BCUT2D eigenvalue weighted by Gasteiger charge is -2.48. The van der Waals surface area contributed by atoms with Crippen LogP contribution in [0, 0.1) is 5.41 Å². The number of hydrogen-bond acceptors (Lipinski definition) is 4. The third-order valence-corrected chi connectivity index (χ3v) is 5.70. The van der Waals surface area contributed by atoms with Crippen LogP contribution in [0.2, 0.25) is 0 Å². The highest BCUT2D eigenvalue weighted by Crippen LogP contribution is 2.40. The van der Waals surface area contributed by atoms with E-state index in [0.29, 0.717) is 19.5 Å². The summed E-state index contributed by atoms with van der Waals surface area (Å²) in [4.78, 5) is 53.3. The zero-order valence-electron chi connectivity index (χ0n) is 15.4. The molecule has 1 aromatic heterocycles. The first-order chi connectivity index (χ1) is 12.3. The molecule has 1 spiro atoms. The van der Waals surface area contributed by atoms with Gasteiger partial charge in [0.2, 0.25) is 11.8 Å². The Balaban J connectivity index is 1.61. The lowest BCUT2D eigenvalue weighted by Crippen LogP contribution is -2.54. The maximum Gasteiger partial charge on any atom is 0.328 e. The molecule has 0 aliphatic carbocycles. The minimum Gasteiger partial charge on any atom is -0.341 e. The Kier molecular flexibility index (Phi) is 5.02. The number of carbonyl (C=O) groups is 2. The van der Waals surface area contributed by atoms with Gasteiger partial charge >= 0.3 is 5.69 Å². The van der Waals surface area contributed by atoms with Gasteiger partial charge in [-0.25, -0.2) is 4.79 Å². The molecule has 26 heavy (non-hydrogen) atoms. The van der Waals surface area contributed by atoms with E-state index in [-0.39, 0.29) is 29.8 Å². The normalized spacial score (nSPS) is 20.0. The lowest BCUT2D eigenvalue weighted by molar-refractivity contribution is -0.144. The highest BCUT2D eigenvalue weighted by Gasteiger charge is 2.42. The number of rotatable bonds is 3. The second kappa shape index (κ2) is 7.09. The summed E-state index contributed by atoms with van der Waals surface area (Å²) in [6, 6.07) is 1.44. The Hall–Kier alpha value is -2.38. The number of nitrogens with one attached hydrogen (secondary N) is 1. The Morgan fingerprint density at radius 3 is 2.50 bits per heavy atom. The van der Waals surface area contributed by atoms with Crippen molar-refractivity contribution in [3.63, 3.8) is 0 Å². The van der Waals surface area contributed by atoms with E-state index in [2.05, 4.69) is 4.98 Å². The van der Waals surface area contributed by atoms with Crippen molar-refractivity contribution >= 4 is 11.8 Å². The van der Waals surface area contributed by atoms with E-state index < -0.39 is 11.2 Å². The van der Waals surface area contributed by atoms with Gasteiger partial charge in [0.15, 0.2) is 0 Å². The van der Waals surface area contributed by atoms with Crippen LogP contribution in [0.4, 0.5) is 0 Å². The summed E-state index contributed by atoms with van der Waals surface area (Å²) in [5, 5.41) is 0. The smallest absolute Gasteiger partial charge is 0.328 e. The molecular weight excluding hydrogens is 336 g/mol. The predicted octanol–water partition coefficient (Wildman–Crippen LogP) is 0.176. The minimum absolute atomic E-state index is 0.0702. The molecule has 0 aromatic carbocycles. The molecule has 3 heterocycles. The third kappa shape index (κ3) is 3.73. The standard InChI is InChI=1S/C18H26N4O4/c1-13(2)22-12-18(5-3-15(22)24)6-9-20(10-7-18)16(25)11-21-8-4-14(23)19-17(21)26/h4,8,13H,3,5-7,9-12H2,1-2H3,(H,19,23,26). The first-order valence-electron chi connectivity index (χ1n) is 9.17. The lowest BCUT2D eigenvalue weighted by atomic mass is 9.72. The predicted molar refractivity (Wildman–Crippen MR) is 95.7 cm³/mol. The van der Waals surface area contributed by atoms with Gasteiger partial charge in [-0.05, 0) is 38.5 Å². The molecule has 0 saturated carbocycles. The summed E-state index contributed by atoms with van der Waals surface area (Å²) in [6.07, 6.45) is 4.55. The molecular formula is C18H26N4O4. The summed E-state index contributed by atoms with van der Waals surface area (Å²) in [7, 11) is 0. The van der Waals surface area contributed by atoms with Crippen molar-refractivity contribution in [1.29, 1.82) is 0 Å². The van der Waals surface area contributed by atoms with Crippen molar-refractivity contribution in [1.82, 2.24) is 19.4 Å². The molecule has 0 atom stereocenters. The van der Waals surface area contributed by atoms with E-state index in [4.69, 9.17) is 0 Å². The molecule has 2 aliphatic heterocycles. The molecule has 0 radical (unpaired) electrons. The number of likely N-dealkylation sites (tertiary alicyclic amines) is 2. The second-order valence-corrected chi connectivity index (χ2v) is 7.73. The number of hydrogen-bond donors (Lipinski definition) is 1. The Morgan fingerprint density at radius 1 is 1.19 bits per heavy atom. The van der Waals surface area contributed by atoms with Crippen molar-refractivity contribution in [2.24, 2.45) is 5.41 Å². The molecule has 2 saturated heterocycles. The van der Waals surface area contributed by atoms with Crippen LogP contribution < -0.4 is 11.2 Å². The molecule has 8 heteroatoms. The second-order valence-electron chi connectivity index (χ2n) is 7.73. The number of H-pyrrole nitrogens is 1. The maximum absolute atomic E-state index is 12.5. The largest absolute Gasteiger partial charge is 0.341 e. The SMILES string of the molecule is CC(C)N1CC2(CCC1=O)CCN(C(=O)Cn1ccc(=O)[nH]c1=O)CC2. The van der Waals surface area contributed by atoms with Gasteiger partial charge in [0.05, 0.1) is 0 Å². The third-order valence-electron chi connectivity index (χ3n) is 5.70. The van der Waals surface area contributed by atoms with Crippen molar-refractivity contribution < 1.29 is 9.59 Å². The highest BCUT2D eigenvalue weighted by molar-refractivity contribution is 5.78. The van der Waals surface area contributed by atoms with Crippen LogP contribution in [0.1, 0.15) is 39.5 Å². The molecule has 1 aromatic rings. The zero-order chi connectivity index (χ0) is 18.9. The number of amides is 2. The van der Waals surface area contributed by atoms with Crippen molar-refractivity contribution in [2.45, 2.75) is 52.1 Å². The Bertz CT molecular complexity index is 802. The molecule has 3 rings (SSSR count). The van der Waals surface area contributed by atoms with Crippen LogP contribution in [0.5, 0.6) is 0 Å². The number of nitrogens with zero attached hydrogens (tertiary/aromatic N) is 3. The molecule has 2 fully saturated rings. The van der Waals surface area contributed by atoms with Gasteiger partial charge in [-0.15, -0.1) is 0 Å². The first-order valence-corrected chi connectivity index (χ1v) is 9.17. The van der Waals surface area contributed by atoms with Crippen LogP contribution in [-0.4, -0.2) is 56.8 Å². The fourth-order valence-electron chi connectivity index (χ4n) is 3.97. The van der Waals surface area contributed by atoms with Gasteiger partial charge in [0.1, 0.15) is 6.54 Å². The van der Waals surface area contributed by atoms with Crippen LogP contribution in [0.3, 0.4) is 0 Å². The first kappa shape index (κ1) is 18.4. The van der Waals surface area contributed by atoms with E-state index in [0.717, 1.165) is 25.8 Å².